The minimum Gasteiger partial charge on any atom is -0.380 e. The van der Waals surface area contributed by atoms with E-state index in [0.29, 0.717) is 18.0 Å². The van der Waals surface area contributed by atoms with Crippen molar-refractivity contribution in [3.8, 4) is 0 Å². The molecule has 1 aliphatic rings. The van der Waals surface area contributed by atoms with Gasteiger partial charge in [-0.1, -0.05) is 61.5 Å². The van der Waals surface area contributed by atoms with Crippen LogP contribution in [0.2, 0.25) is 0 Å². The van der Waals surface area contributed by atoms with Crippen LogP contribution in [0.5, 0.6) is 0 Å². The van der Waals surface area contributed by atoms with E-state index >= 15 is 0 Å². The molecule has 0 radical (unpaired) electrons. The van der Waals surface area contributed by atoms with Crippen LogP contribution < -0.4 is 5.32 Å². The van der Waals surface area contributed by atoms with Crippen molar-refractivity contribution in [2.24, 2.45) is 0 Å². The predicted octanol–water partition coefficient (Wildman–Crippen LogP) is 3.00. The second-order valence-corrected chi connectivity index (χ2v) is 9.68. The van der Waals surface area contributed by atoms with Gasteiger partial charge in [0.05, 0.1) is 18.3 Å². The van der Waals surface area contributed by atoms with Gasteiger partial charge >= 0.3 is 0 Å². The van der Waals surface area contributed by atoms with E-state index in [4.69, 9.17) is 0 Å². The highest BCUT2D eigenvalue weighted by Crippen LogP contribution is 2.32. The fourth-order valence-corrected chi connectivity index (χ4v) is 5.28. The molecular weight excluding hydrogens is 462 g/mol. The van der Waals surface area contributed by atoms with E-state index in [2.05, 4.69) is 29.4 Å². The number of hydrogen-bond acceptors (Lipinski definition) is 6. The second kappa shape index (κ2) is 11.6. The summed E-state index contributed by atoms with van der Waals surface area (Å²) in [6.45, 7) is 2.72. The molecule has 184 valence electrons. The number of benzene rings is 2. The molecule has 3 N–H and O–H groups in total. The number of aliphatic hydroxyl groups excluding tert-OH is 2. The summed E-state index contributed by atoms with van der Waals surface area (Å²) in [5, 5.41) is 26.1. The van der Waals surface area contributed by atoms with E-state index in [9.17, 15) is 19.8 Å². The van der Waals surface area contributed by atoms with Crippen LogP contribution in [0.4, 0.5) is 0 Å². The van der Waals surface area contributed by atoms with Crippen LogP contribution in [0, 0.1) is 0 Å². The van der Waals surface area contributed by atoms with Gasteiger partial charge in [-0.2, -0.15) is 0 Å². The van der Waals surface area contributed by atoms with E-state index < -0.39 is 24.0 Å². The summed E-state index contributed by atoms with van der Waals surface area (Å²) < 4.78 is 0. The van der Waals surface area contributed by atoms with Crippen molar-refractivity contribution in [2.45, 2.75) is 57.4 Å². The van der Waals surface area contributed by atoms with Crippen molar-refractivity contribution in [1.82, 2.24) is 15.2 Å². The quantitative estimate of drug-likeness (QED) is 0.425. The van der Waals surface area contributed by atoms with E-state index in [1.54, 1.807) is 4.90 Å². The SMILES string of the molecule is CCc1ccccc1Cc1csc(CNC(=O)C(O)C(O)C(=O)N2CCCC2c2ccccc2)n1. The molecule has 3 unspecified atom stereocenters. The fourth-order valence-electron chi connectivity index (χ4n) is 4.55. The molecule has 1 saturated heterocycles. The molecule has 7 nitrogen and oxygen atoms in total. The lowest BCUT2D eigenvalue weighted by molar-refractivity contribution is -0.153. The molecular formula is C27H31N3O4S. The first kappa shape index (κ1) is 25.0. The van der Waals surface area contributed by atoms with Crippen LogP contribution in [0.25, 0.3) is 0 Å². The van der Waals surface area contributed by atoms with Crippen LogP contribution in [-0.2, 0) is 29.0 Å². The predicted molar refractivity (Wildman–Crippen MR) is 135 cm³/mol. The van der Waals surface area contributed by atoms with E-state index in [1.165, 1.54) is 22.5 Å². The highest BCUT2D eigenvalue weighted by molar-refractivity contribution is 7.09. The van der Waals surface area contributed by atoms with Crippen LogP contribution in [0.3, 0.4) is 0 Å². The third-order valence-electron chi connectivity index (χ3n) is 6.42. The molecule has 1 aromatic heterocycles. The van der Waals surface area contributed by atoms with Gasteiger partial charge < -0.3 is 20.4 Å². The Bertz CT molecular complexity index is 1150. The highest BCUT2D eigenvalue weighted by Gasteiger charge is 2.38. The lowest BCUT2D eigenvalue weighted by atomic mass is 10.0. The van der Waals surface area contributed by atoms with Crippen LogP contribution in [0.15, 0.2) is 60.0 Å². The molecule has 0 bridgehead atoms. The van der Waals surface area contributed by atoms with E-state index in [-0.39, 0.29) is 12.6 Å². The van der Waals surface area contributed by atoms with Crippen molar-refractivity contribution < 1.29 is 19.8 Å². The minimum atomic E-state index is -1.85. The van der Waals surface area contributed by atoms with Gasteiger partial charge in [0, 0.05) is 18.3 Å². The number of aromatic nitrogens is 1. The molecule has 2 heterocycles. The molecule has 0 aliphatic carbocycles. The molecule has 2 aromatic carbocycles. The largest absolute Gasteiger partial charge is 0.380 e. The number of aliphatic hydroxyl groups is 2. The Hall–Kier alpha value is -3.07. The highest BCUT2D eigenvalue weighted by atomic mass is 32.1. The monoisotopic (exact) mass is 493 g/mol. The molecule has 1 aliphatic heterocycles. The van der Waals surface area contributed by atoms with E-state index in [1.807, 2.05) is 47.8 Å². The Morgan fingerprint density at radius 3 is 2.54 bits per heavy atom. The first-order valence-corrected chi connectivity index (χ1v) is 12.8. The van der Waals surface area contributed by atoms with Gasteiger partial charge in [0.2, 0.25) is 0 Å². The number of likely N-dealkylation sites (tertiary alicyclic amines) is 1. The molecule has 4 rings (SSSR count). The van der Waals surface area contributed by atoms with Crippen LogP contribution in [-0.4, -0.2) is 50.7 Å². The zero-order chi connectivity index (χ0) is 24.8. The third-order valence-corrected chi connectivity index (χ3v) is 7.32. The van der Waals surface area contributed by atoms with Crippen LogP contribution in [0.1, 0.15) is 53.2 Å². The molecule has 8 heteroatoms. The number of amides is 2. The normalized spacial score (nSPS) is 17.2. The number of nitrogens with one attached hydrogen (secondary N) is 1. The van der Waals surface area contributed by atoms with Gasteiger partial charge in [-0.05, 0) is 36.0 Å². The minimum absolute atomic E-state index is 0.118. The Morgan fingerprint density at radius 2 is 1.80 bits per heavy atom. The van der Waals surface area contributed by atoms with Crippen molar-refractivity contribution >= 4 is 23.2 Å². The summed E-state index contributed by atoms with van der Waals surface area (Å²) in [4.78, 5) is 31.5. The number of rotatable bonds is 9. The molecule has 35 heavy (non-hydrogen) atoms. The molecule has 2 amide bonds. The summed E-state index contributed by atoms with van der Waals surface area (Å²) in [5.74, 6) is -1.43. The topological polar surface area (TPSA) is 103 Å². The number of carbonyl (C=O) groups excluding carboxylic acids is 2. The maximum Gasteiger partial charge on any atom is 0.255 e. The summed E-state index contributed by atoms with van der Waals surface area (Å²) in [5.41, 5.74) is 4.40. The average Bonchev–Trinajstić information content (AvgIpc) is 3.56. The lowest BCUT2D eigenvalue weighted by Gasteiger charge is -2.28. The standard InChI is InChI=1S/C27H31N3O4S/c1-2-18-9-6-7-12-20(18)15-21-17-35-23(29-21)16-28-26(33)24(31)25(32)27(34)30-14-8-13-22(30)19-10-4-3-5-11-19/h3-7,9-12,17,22,24-25,31-32H,2,8,13-16H2,1H3,(H,28,33). The fraction of sp³-hybridized carbons (Fsp3) is 0.370. The van der Waals surface area contributed by atoms with Gasteiger partial charge in [0.25, 0.3) is 11.8 Å². The zero-order valence-electron chi connectivity index (χ0n) is 19.8. The zero-order valence-corrected chi connectivity index (χ0v) is 20.6. The first-order chi connectivity index (χ1) is 17.0. The van der Waals surface area contributed by atoms with Crippen molar-refractivity contribution in [1.29, 1.82) is 0 Å². The Kier molecular flexibility index (Phi) is 8.28. The van der Waals surface area contributed by atoms with Crippen molar-refractivity contribution in [2.75, 3.05) is 6.54 Å². The molecule has 3 atom stereocenters. The Morgan fingerprint density at radius 1 is 1.09 bits per heavy atom. The third kappa shape index (κ3) is 5.96. The summed E-state index contributed by atoms with van der Waals surface area (Å²) in [7, 11) is 0. The smallest absolute Gasteiger partial charge is 0.255 e. The first-order valence-electron chi connectivity index (χ1n) is 12.0. The molecule has 0 spiro atoms. The number of carbonyl (C=O) groups is 2. The number of hydrogen-bond donors (Lipinski definition) is 3. The maximum atomic E-state index is 12.9. The summed E-state index contributed by atoms with van der Waals surface area (Å²) in [6, 6.07) is 17.7. The maximum absolute atomic E-state index is 12.9. The number of aryl methyl sites for hydroxylation is 1. The van der Waals surface area contributed by atoms with Gasteiger partial charge in [-0.25, -0.2) is 4.98 Å². The van der Waals surface area contributed by atoms with Crippen LogP contribution >= 0.6 is 11.3 Å². The molecule has 1 fully saturated rings. The number of nitrogens with zero attached hydrogens (tertiary/aromatic N) is 2. The molecule has 0 saturated carbocycles. The summed E-state index contributed by atoms with van der Waals surface area (Å²) >= 11 is 1.42. The Balaban J connectivity index is 1.32. The number of thiazole rings is 1. The molecule has 3 aromatic rings. The van der Waals surface area contributed by atoms with E-state index in [0.717, 1.165) is 30.5 Å². The van der Waals surface area contributed by atoms with Gasteiger partial charge in [0.1, 0.15) is 5.01 Å². The Labute approximate surface area is 209 Å². The van der Waals surface area contributed by atoms with Gasteiger partial charge in [0.15, 0.2) is 12.2 Å². The average molecular weight is 494 g/mol. The van der Waals surface area contributed by atoms with Gasteiger partial charge in [-0.3, -0.25) is 9.59 Å². The second-order valence-electron chi connectivity index (χ2n) is 8.74. The van der Waals surface area contributed by atoms with Gasteiger partial charge in [-0.15, -0.1) is 11.3 Å². The lowest BCUT2D eigenvalue weighted by Crippen LogP contribution is -2.50. The van der Waals surface area contributed by atoms with Crippen molar-refractivity contribution in [3.05, 3.63) is 87.4 Å². The van der Waals surface area contributed by atoms with Crippen molar-refractivity contribution in [3.63, 3.8) is 0 Å². The summed E-state index contributed by atoms with van der Waals surface area (Å²) in [6.07, 6.45) is -0.434.